The molecular formula is C32H29ClF6N2O5S. The van der Waals surface area contributed by atoms with Gasteiger partial charge in [0.2, 0.25) is 5.91 Å². The molecule has 0 N–H and O–H groups in total. The third-order valence-corrected chi connectivity index (χ3v) is 10.0. The highest BCUT2D eigenvalue weighted by molar-refractivity contribution is 7.92. The molecule has 0 radical (unpaired) electrons. The van der Waals surface area contributed by atoms with Crippen LogP contribution in [-0.2, 0) is 31.9 Å². The number of nitrogens with zero attached hydrogens (tertiary/aromatic N) is 2. The number of fused-ring (bicyclic) bond motifs is 1. The molecule has 1 amide bonds. The maximum absolute atomic E-state index is 13.4. The Kier molecular flexibility index (Phi) is 9.59. The molecule has 3 aliphatic heterocycles. The molecule has 0 aromatic heterocycles. The molecule has 0 saturated carbocycles. The lowest BCUT2D eigenvalue weighted by Gasteiger charge is -2.54. The second-order valence-corrected chi connectivity index (χ2v) is 13.6. The van der Waals surface area contributed by atoms with Crippen molar-refractivity contribution in [1.29, 1.82) is 0 Å². The molecule has 6 rings (SSSR count). The maximum Gasteiger partial charge on any atom is 0.417 e. The lowest BCUT2D eigenvalue weighted by molar-refractivity contribution is -0.194. The van der Waals surface area contributed by atoms with E-state index in [1.54, 1.807) is 0 Å². The monoisotopic (exact) mass is 702 g/mol. The number of likely N-dealkylation sites (tertiary alicyclic amines) is 1. The number of sulfonamides is 1. The molecule has 3 heterocycles. The molecule has 2 fully saturated rings. The third-order valence-electron chi connectivity index (χ3n) is 7.88. The fourth-order valence-corrected chi connectivity index (χ4v) is 7.13. The number of alkyl halides is 6. The second kappa shape index (κ2) is 13.0. The van der Waals surface area contributed by atoms with E-state index < -0.39 is 38.4 Å². The first-order valence-electron chi connectivity index (χ1n) is 14.4. The van der Waals surface area contributed by atoms with E-state index in [1.807, 2.05) is 11.8 Å². The molecule has 252 valence electrons. The minimum atomic E-state index is -4.74. The van der Waals surface area contributed by atoms with Crippen LogP contribution >= 0.6 is 11.6 Å². The zero-order chi connectivity index (χ0) is 34.2. The summed E-state index contributed by atoms with van der Waals surface area (Å²) >= 11 is 5.97. The average Bonchev–Trinajstić information content (AvgIpc) is 2.98. The van der Waals surface area contributed by atoms with Crippen molar-refractivity contribution < 1.29 is 49.0 Å². The number of carbonyl (C=O) groups excluding carboxylic acids is 1. The molecule has 15 heteroatoms. The summed E-state index contributed by atoms with van der Waals surface area (Å²) in [6, 6.07) is 11.0. The predicted octanol–water partition coefficient (Wildman–Crippen LogP) is 7.39. The van der Waals surface area contributed by atoms with Crippen LogP contribution in [0, 0.1) is 5.41 Å². The summed E-state index contributed by atoms with van der Waals surface area (Å²) in [5, 5.41) is -0.129. The summed E-state index contributed by atoms with van der Waals surface area (Å²) in [7, 11) is -4.42. The Hall–Kier alpha value is -3.75. The van der Waals surface area contributed by atoms with Crippen molar-refractivity contribution in [2.45, 2.75) is 30.6 Å². The van der Waals surface area contributed by atoms with Gasteiger partial charge >= 0.3 is 12.4 Å². The van der Waals surface area contributed by atoms with E-state index in [1.165, 1.54) is 36.4 Å². The molecule has 0 atom stereocenters. The highest BCUT2D eigenvalue weighted by Gasteiger charge is 2.50. The van der Waals surface area contributed by atoms with Crippen molar-refractivity contribution in [3.05, 3.63) is 87.9 Å². The summed E-state index contributed by atoms with van der Waals surface area (Å²) in [5.74, 6) is 0.435. The van der Waals surface area contributed by atoms with Crippen LogP contribution in [-0.4, -0.2) is 58.7 Å². The summed E-state index contributed by atoms with van der Waals surface area (Å²) in [6.45, 7) is 5.27. The van der Waals surface area contributed by atoms with Gasteiger partial charge in [0, 0.05) is 30.1 Å². The molecule has 3 aromatic rings. The normalized spacial score (nSPS) is 17.3. The Morgan fingerprint density at radius 1 is 0.957 bits per heavy atom. The van der Waals surface area contributed by atoms with Crippen molar-refractivity contribution in [3.8, 4) is 5.75 Å². The Bertz CT molecular complexity index is 1780. The molecule has 47 heavy (non-hydrogen) atoms. The molecular weight excluding hydrogens is 674 g/mol. The first-order chi connectivity index (χ1) is 22.0. The van der Waals surface area contributed by atoms with Gasteiger partial charge in [0.15, 0.2) is 0 Å². The van der Waals surface area contributed by atoms with Crippen molar-refractivity contribution in [3.63, 3.8) is 0 Å². The SMILES string of the molecule is CCC(=O)N1CC2(COC2)C1.O=S(=O)(c1cccc(C(F)(F)F)c1)N1CCOc2ccc(/C=C/c3c(Cl)cccc3C(F)(F)F)cc21. The van der Waals surface area contributed by atoms with Gasteiger partial charge in [-0.15, -0.1) is 0 Å². The predicted molar refractivity (Wildman–Crippen MR) is 163 cm³/mol. The number of benzene rings is 3. The van der Waals surface area contributed by atoms with Crippen LogP contribution < -0.4 is 9.04 Å². The Labute approximate surface area is 272 Å². The van der Waals surface area contributed by atoms with Crippen molar-refractivity contribution >= 4 is 45.4 Å². The van der Waals surface area contributed by atoms with Crippen LogP contribution in [0.5, 0.6) is 5.75 Å². The summed E-state index contributed by atoms with van der Waals surface area (Å²) in [4.78, 5) is 12.5. The molecule has 0 bridgehead atoms. The van der Waals surface area contributed by atoms with Crippen LogP contribution in [0.2, 0.25) is 5.02 Å². The molecule has 0 unspecified atom stereocenters. The van der Waals surface area contributed by atoms with Crippen LogP contribution in [0.15, 0.2) is 65.6 Å². The smallest absolute Gasteiger partial charge is 0.417 e. The van der Waals surface area contributed by atoms with Gasteiger partial charge in [-0.25, -0.2) is 8.42 Å². The lowest BCUT2D eigenvalue weighted by atomic mass is 9.78. The minimum Gasteiger partial charge on any atom is -0.489 e. The van der Waals surface area contributed by atoms with E-state index in [0.29, 0.717) is 23.5 Å². The van der Waals surface area contributed by atoms with E-state index in [9.17, 15) is 39.6 Å². The van der Waals surface area contributed by atoms with Gasteiger partial charge in [-0.05, 0) is 48.0 Å². The molecule has 3 aromatic carbocycles. The van der Waals surface area contributed by atoms with Crippen LogP contribution in [0.1, 0.15) is 35.6 Å². The van der Waals surface area contributed by atoms with E-state index in [2.05, 4.69) is 0 Å². The number of hydrogen-bond donors (Lipinski definition) is 0. The number of hydrogen-bond acceptors (Lipinski definition) is 5. The fourth-order valence-electron chi connectivity index (χ4n) is 5.39. The summed E-state index contributed by atoms with van der Waals surface area (Å²) in [6.07, 6.45) is -6.27. The van der Waals surface area contributed by atoms with Gasteiger partial charge in [0.05, 0.1) is 46.9 Å². The maximum atomic E-state index is 13.4. The minimum absolute atomic E-state index is 0.0380. The lowest BCUT2D eigenvalue weighted by Crippen LogP contribution is -2.67. The summed E-state index contributed by atoms with van der Waals surface area (Å²) in [5.41, 5.74) is -1.60. The Morgan fingerprint density at radius 3 is 2.28 bits per heavy atom. The van der Waals surface area contributed by atoms with Crippen LogP contribution in [0.4, 0.5) is 32.0 Å². The number of ether oxygens (including phenoxy) is 2. The number of halogens is 7. The van der Waals surface area contributed by atoms with Gasteiger partial charge in [-0.3, -0.25) is 9.10 Å². The third kappa shape index (κ3) is 7.39. The fraction of sp³-hybridized carbons (Fsp3) is 0.344. The second-order valence-electron chi connectivity index (χ2n) is 11.3. The number of anilines is 1. The van der Waals surface area contributed by atoms with E-state index >= 15 is 0 Å². The average molecular weight is 703 g/mol. The van der Waals surface area contributed by atoms with Crippen molar-refractivity contribution in [2.24, 2.45) is 5.41 Å². The molecule has 7 nitrogen and oxygen atoms in total. The standard InChI is InChI=1S/C24H16ClF6NO3S.C8H13NO2/c25-20-6-2-5-19(24(29,30)31)18(20)9-7-15-8-10-22-21(13-15)32(11-12-35-22)36(33,34)17-4-1-3-16(14-17)23(26,27)28;1-2-7(10)9-3-8(4-9)5-11-6-8/h1-10,13-14H,11-12H2;2-6H2,1H3/b9-7+;. The highest BCUT2D eigenvalue weighted by atomic mass is 35.5. The number of rotatable bonds is 5. The first kappa shape index (κ1) is 34.6. The van der Waals surface area contributed by atoms with Crippen LogP contribution in [0.25, 0.3) is 12.2 Å². The van der Waals surface area contributed by atoms with Gasteiger partial charge in [0.25, 0.3) is 10.0 Å². The zero-order valence-corrected chi connectivity index (χ0v) is 26.4. The number of amides is 1. The van der Waals surface area contributed by atoms with E-state index in [-0.39, 0.29) is 41.1 Å². The van der Waals surface area contributed by atoms with Gasteiger partial charge in [0.1, 0.15) is 12.4 Å². The Balaban J connectivity index is 0.000000330. The van der Waals surface area contributed by atoms with Gasteiger partial charge in [-0.1, -0.05) is 48.9 Å². The van der Waals surface area contributed by atoms with Crippen molar-refractivity contribution in [2.75, 3.05) is 43.8 Å². The van der Waals surface area contributed by atoms with Gasteiger partial charge < -0.3 is 14.4 Å². The molecule has 0 aliphatic carbocycles. The van der Waals surface area contributed by atoms with E-state index in [0.717, 1.165) is 60.9 Å². The Morgan fingerprint density at radius 2 is 1.66 bits per heavy atom. The van der Waals surface area contributed by atoms with Crippen molar-refractivity contribution in [1.82, 2.24) is 4.90 Å². The van der Waals surface area contributed by atoms with Crippen LogP contribution in [0.3, 0.4) is 0 Å². The van der Waals surface area contributed by atoms with Gasteiger partial charge in [-0.2, -0.15) is 26.3 Å². The topological polar surface area (TPSA) is 76.2 Å². The first-order valence-corrected chi connectivity index (χ1v) is 16.2. The van der Waals surface area contributed by atoms with E-state index in [4.69, 9.17) is 21.1 Å². The molecule has 3 aliphatic rings. The zero-order valence-electron chi connectivity index (χ0n) is 24.9. The largest absolute Gasteiger partial charge is 0.489 e. The number of carbonyl (C=O) groups is 1. The quantitative estimate of drug-likeness (QED) is 0.205. The highest BCUT2D eigenvalue weighted by Crippen LogP contribution is 2.40. The summed E-state index contributed by atoms with van der Waals surface area (Å²) < 4.78 is 118. The molecule has 2 saturated heterocycles. The molecule has 1 spiro atoms.